The molecule has 4 nitrogen and oxygen atoms in total. The molecule has 2 aromatic carbocycles. The summed E-state index contributed by atoms with van der Waals surface area (Å²) >= 11 is 3.53. The normalized spacial score (nSPS) is 10.6. The molecule has 0 fully saturated rings. The molecular formula is C20H21BrIrN3O-. The van der Waals surface area contributed by atoms with Crippen molar-refractivity contribution in [2.75, 3.05) is 7.11 Å². The molecule has 1 radical (unpaired) electrons. The summed E-state index contributed by atoms with van der Waals surface area (Å²) in [6, 6.07) is 7.01. The number of ether oxygens (including phenoxy) is 1. The largest absolute Gasteiger partial charge is 0.539 e. The molecule has 0 bridgehead atoms. The number of hydrogen-bond donors (Lipinski definition) is 0. The molecular weight excluding hydrogens is 570 g/mol. The van der Waals surface area contributed by atoms with Gasteiger partial charge in [-0.15, -0.1) is 28.9 Å². The van der Waals surface area contributed by atoms with E-state index in [9.17, 15) is 0 Å². The number of halogens is 1. The third-order valence-corrected chi connectivity index (χ3v) is 5.69. The van der Waals surface area contributed by atoms with Crippen LogP contribution in [-0.2, 0) is 20.1 Å². The van der Waals surface area contributed by atoms with Crippen LogP contribution in [0.3, 0.4) is 0 Å². The van der Waals surface area contributed by atoms with Gasteiger partial charge in [-0.05, 0) is 66.9 Å². The van der Waals surface area contributed by atoms with Crippen LogP contribution < -0.4 is 4.74 Å². The third-order valence-electron chi connectivity index (χ3n) is 5.08. The first kappa shape index (κ1) is 20.8. The zero-order chi connectivity index (χ0) is 18.3. The van der Waals surface area contributed by atoms with Gasteiger partial charge in [0.25, 0.3) is 0 Å². The molecule has 0 saturated heterocycles. The summed E-state index contributed by atoms with van der Waals surface area (Å²) in [5, 5.41) is 8.50. The molecule has 6 heteroatoms. The van der Waals surface area contributed by atoms with Crippen LogP contribution in [0, 0.1) is 40.7 Å². The zero-order valence-electron chi connectivity index (χ0n) is 15.7. The van der Waals surface area contributed by atoms with Crippen LogP contribution in [0.2, 0.25) is 0 Å². The van der Waals surface area contributed by atoms with Crippen molar-refractivity contribution in [3.05, 3.63) is 56.8 Å². The maximum Gasteiger partial charge on any atom is 0.114 e. The average molecular weight is 592 g/mol. The van der Waals surface area contributed by atoms with Gasteiger partial charge in [0.2, 0.25) is 0 Å². The molecule has 1 heterocycles. The van der Waals surface area contributed by atoms with E-state index in [1.165, 1.54) is 27.8 Å². The van der Waals surface area contributed by atoms with Gasteiger partial charge in [-0.3, -0.25) is 0 Å². The smallest absolute Gasteiger partial charge is 0.114 e. The Morgan fingerprint density at radius 2 is 1.58 bits per heavy atom. The fourth-order valence-electron chi connectivity index (χ4n) is 3.16. The molecule has 0 aliphatic heterocycles. The van der Waals surface area contributed by atoms with Crippen molar-refractivity contribution >= 4 is 15.9 Å². The Hall–Kier alpha value is -1.49. The molecule has 0 N–H and O–H groups in total. The van der Waals surface area contributed by atoms with Crippen molar-refractivity contribution in [1.29, 1.82) is 0 Å². The first-order valence-electron chi connectivity index (χ1n) is 8.09. The summed E-state index contributed by atoms with van der Waals surface area (Å²) in [5.41, 5.74) is 8.44. The van der Waals surface area contributed by atoms with Crippen molar-refractivity contribution < 1.29 is 24.8 Å². The van der Waals surface area contributed by atoms with Crippen molar-refractivity contribution in [2.45, 2.75) is 34.6 Å². The van der Waals surface area contributed by atoms with Gasteiger partial charge in [-0.1, -0.05) is 15.9 Å². The molecule has 139 valence electrons. The molecule has 3 aromatic rings. The van der Waals surface area contributed by atoms with Crippen molar-refractivity contribution in [3.63, 3.8) is 0 Å². The molecule has 0 aliphatic carbocycles. The van der Waals surface area contributed by atoms with E-state index in [4.69, 9.17) is 4.74 Å². The zero-order valence-corrected chi connectivity index (χ0v) is 19.7. The second kappa shape index (κ2) is 8.03. The maximum absolute atomic E-state index is 5.29. The van der Waals surface area contributed by atoms with Gasteiger partial charge < -0.3 is 9.30 Å². The van der Waals surface area contributed by atoms with Gasteiger partial charge in [0.05, 0.1) is 12.9 Å². The molecule has 0 unspecified atom stereocenters. The summed E-state index contributed by atoms with van der Waals surface area (Å²) < 4.78 is 8.21. The molecule has 3 rings (SSSR count). The van der Waals surface area contributed by atoms with Crippen LogP contribution in [0.4, 0.5) is 0 Å². The summed E-state index contributed by atoms with van der Waals surface area (Å²) in [6.07, 6.45) is 1.77. The van der Waals surface area contributed by atoms with Crippen LogP contribution in [0.25, 0.3) is 17.1 Å². The van der Waals surface area contributed by atoms with Gasteiger partial charge in [0.15, 0.2) is 0 Å². The van der Waals surface area contributed by atoms with Gasteiger partial charge in [0, 0.05) is 31.5 Å². The Balaban J connectivity index is 0.00000243. The van der Waals surface area contributed by atoms with Crippen molar-refractivity contribution in [3.8, 4) is 22.8 Å². The first-order valence-corrected chi connectivity index (χ1v) is 8.89. The summed E-state index contributed by atoms with van der Waals surface area (Å²) in [4.78, 5) is 0. The summed E-state index contributed by atoms with van der Waals surface area (Å²) in [7, 11) is 1.64. The molecule has 1 aromatic heterocycles. The number of aromatic nitrogens is 3. The summed E-state index contributed by atoms with van der Waals surface area (Å²) in [6.45, 7) is 10.8. The van der Waals surface area contributed by atoms with Gasteiger partial charge in [0.1, 0.15) is 6.33 Å². The van der Waals surface area contributed by atoms with E-state index in [0.29, 0.717) is 0 Å². The number of nitrogens with zero attached hydrogens (tertiary/aromatic N) is 3. The monoisotopic (exact) mass is 591 g/mol. The maximum atomic E-state index is 5.29. The second-order valence-electron chi connectivity index (χ2n) is 6.26. The fraction of sp³-hybridized carbons (Fsp3) is 0.300. The average Bonchev–Trinajstić information content (AvgIpc) is 3.07. The van der Waals surface area contributed by atoms with Crippen LogP contribution in [-0.4, -0.2) is 21.9 Å². The second-order valence-corrected chi connectivity index (χ2v) is 7.12. The van der Waals surface area contributed by atoms with E-state index >= 15 is 0 Å². The number of methoxy groups -OCH3 is 1. The molecule has 0 spiro atoms. The number of benzene rings is 2. The van der Waals surface area contributed by atoms with Gasteiger partial charge in [-0.25, -0.2) is 0 Å². The van der Waals surface area contributed by atoms with E-state index in [1.807, 2.05) is 12.1 Å². The molecule has 0 saturated carbocycles. The Morgan fingerprint density at radius 1 is 1.00 bits per heavy atom. The Kier molecular flexibility index (Phi) is 6.43. The number of rotatable bonds is 3. The van der Waals surface area contributed by atoms with Crippen molar-refractivity contribution in [1.82, 2.24) is 14.8 Å². The first-order chi connectivity index (χ1) is 11.9. The third kappa shape index (κ3) is 3.38. The van der Waals surface area contributed by atoms with Crippen molar-refractivity contribution in [2.24, 2.45) is 0 Å². The van der Waals surface area contributed by atoms with Gasteiger partial charge >= 0.3 is 0 Å². The fourth-order valence-corrected chi connectivity index (χ4v) is 3.67. The summed E-state index contributed by atoms with van der Waals surface area (Å²) in [5.74, 6) is 1.50. The molecule has 0 amide bonds. The van der Waals surface area contributed by atoms with E-state index in [0.717, 1.165) is 27.3 Å². The van der Waals surface area contributed by atoms with Crippen LogP contribution in [0.5, 0.6) is 5.75 Å². The predicted molar refractivity (Wildman–Crippen MR) is 104 cm³/mol. The minimum absolute atomic E-state index is 0. The molecule has 0 aliphatic rings. The standard InChI is InChI=1S/C20H21BrN3O.Ir/c1-11-12(2)14(4)19(15(5)13(11)3)24-10-22-23-20(24)16-7-8-18(25-6)17(21)9-16;/h8-10H,1-6H3;/q-1;. The topological polar surface area (TPSA) is 39.9 Å². The van der Waals surface area contributed by atoms with Crippen LogP contribution in [0.15, 0.2) is 22.9 Å². The molecule has 0 atom stereocenters. The quantitative estimate of drug-likeness (QED) is 0.401. The number of hydrogen-bond acceptors (Lipinski definition) is 3. The predicted octanol–water partition coefficient (Wildman–Crippen LogP) is 5.05. The molecule has 26 heavy (non-hydrogen) atoms. The Labute approximate surface area is 176 Å². The van der Waals surface area contributed by atoms with Crippen LogP contribution in [0.1, 0.15) is 27.8 Å². The van der Waals surface area contributed by atoms with E-state index in [1.54, 1.807) is 13.4 Å². The Morgan fingerprint density at radius 3 is 2.12 bits per heavy atom. The van der Waals surface area contributed by atoms with E-state index in [2.05, 4.69) is 71.4 Å². The van der Waals surface area contributed by atoms with Crippen LogP contribution >= 0.6 is 15.9 Å². The van der Waals surface area contributed by atoms with Gasteiger partial charge in [-0.2, -0.15) is 5.10 Å². The Bertz CT molecular complexity index is 937. The van der Waals surface area contributed by atoms with E-state index in [-0.39, 0.29) is 20.1 Å². The minimum Gasteiger partial charge on any atom is -0.539 e. The SMILES string of the molecule is COc1c[c-]c(-c2nncn2-c2c(C)c(C)c(C)c(C)c2C)cc1Br.[Ir]. The van der Waals surface area contributed by atoms with E-state index < -0.39 is 0 Å². The minimum atomic E-state index is 0.